The van der Waals surface area contributed by atoms with E-state index in [4.69, 9.17) is 13.7 Å². The van der Waals surface area contributed by atoms with Gasteiger partial charge in [0.05, 0.1) is 4.11 Å². The Morgan fingerprint density at radius 2 is 2.22 bits per heavy atom. The molecule has 0 amide bonds. The van der Waals surface area contributed by atoms with E-state index in [2.05, 4.69) is 0 Å². The summed E-state index contributed by atoms with van der Waals surface area (Å²) in [5.74, 6) is 0. The molecule has 0 N–H and O–H groups in total. The molecule has 0 aliphatic rings. The topological polar surface area (TPSA) is 3.88 Å². The lowest BCUT2D eigenvalue weighted by Crippen LogP contribution is -3.00. The molecule has 0 bridgehead atoms. The molecule has 9 heavy (non-hydrogen) atoms. The average Bonchev–Trinajstić information content (AvgIpc) is 2.22. The summed E-state index contributed by atoms with van der Waals surface area (Å²) in [6, 6.07) is -2.28. The van der Waals surface area contributed by atoms with E-state index < -0.39 is 43.8 Å². The predicted molar refractivity (Wildman–Crippen MR) is 32.3 cm³/mol. The molecule has 0 aliphatic heterocycles. The third-order valence-electron chi connectivity index (χ3n) is 0.572. The minimum Gasteiger partial charge on any atom is -1.00 e. The number of hydrogen-bond acceptors (Lipinski definition) is 0. The summed E-state index contributed by atoms with van der Waals surface area (Å²) >= 11 is 0. The molecule has 0 saturated heterocycles. The Labute approximate surface area is 80.2 Å². The van der Waals surface area contributed by atoms with Crippen molar-refractivity contribution < 1.29 is 35.3 Å². The first-order valence-corrected chi connectivity index (χ1v) is 1.92. The van der Waals surface area contributed by atoms with Crippen molar-refractivity contribution in [3.63, 3.8) is 0 Å². The van der Waals surface area contributed by atoms with E-state index in [0.717, 1.165) is 0 Å². The van der Waals surface area contributed by atoms with Gasteiger partial charge in [0.2, 0.25) is 0 Å². The molecule has 0 aromatic carbocycles. The van der Waals surface area contributed by atoms with Crippen molar-refractivity contribution in [1.29, 1.82) is 0 Å². The Bertz CT molecular complexity index is 467. The van der Waals surface area contributed by atoms with Crippen molar-refractivity contribution >= 4 is 0 Å². The van der Waals surface area contributed by atoms with E-state index in [9.17, 15) is 0 Å². The maximum absolute atomic E-state index is 7.47. The molecule has 1 rings (SSSR count). The van der Waals surface area contributed by atoms with E-state index in [1.54, 1.807) is 0 Å². The van der Waals surface area contributed by atoms with Crippen LogP contribution in [0.5, 0.6) is 0 Å². The monoisotopic (exact) mass is 197 g/mol. The first-order chi connectivity index (χ1) is 7.93. The molecule has 0 unspecified atom stereocenters. The van der Waals surface area contributed by atoms with Crippen molar-refractivity contribution in [1.82, 2.24) is 0 Å². The highest BCUT2D eigenvalue weighted by molar-refractivity contribution is 4.83. The summed E-state index contributed by atoms with van der Waals surface area (Å²) in [6.45, 7) is -6.26. The van der Waals surface area contributed by atoms with Crippen LogP contribution in [0.25, 0.3) is 0 Å². The van der Waals surface area contributed by atoms with Crippen LogP contribution < -0.4 is 21.5 Å². The van der Waals surface area contributed by atoms with Crippen molar-refractivity contribution in [3.8, 4) is 0 Å². The zero-order valence-corrected chi connectivity index (χ0v) is 5.91. The highest BCUT2D eigenvalue weighted by Crippen LogP contribution is 1.74. The zero-order valence-electron chi connectivity index (χ0n) is 14.3. The molecule has 1 aromatic heterocycles. The lowest BCUT2D eigenvalue weighted by atomic mass is 10.5. The van der Waals surface area contributed by atoms with Crippen LogP contribution in [0, 0.1) is 0 Å². The highest BCUT2D eigenvalue weighted by Gasteiger charge is 1.86. The third kappa shape index (κ3) is 2.61. The van der Waals surface area contributed by atoms with Gasteiger partial charge in [0, 0.05) is 16.2 Å². The molecule has 0 atom stereocenters. The van der Waals surface area contributed by atoms with Gasteiger partial charge in [-0.15, -0.1) is 0 Å². The molecule has 0 saturated carbocycles. The molecule has 1 nitrogen and oxygen atoms in total. The number of pyridine rings is 1. The zero-order chi connectivity index (χ0) is 14.5. The Balaban J connectivity index is 0.00000324. The molecular formula is C7H10BrN. The lowest BCUT2D eigenvalue weighted by Gasteiger charge is -1.84. The first kappa shape index (κ1) is 1.62. The maximum atomic E-state index is 7.47. The van der Waals surface area contributed by atoms with Crippen LogP contribution in [0.3, 0.4) is 0 Å². The normalized spacial score (nSPS) is 27.1. The van der Waals surface area contributed by atoms with E-state index in [0.29, 0.717) is 0 Å². The molecule has 50 valence electrons. The van der Waals surface area contributed by atoms with Gasteiger partial charge < -0.3 is 17.0 Å². The summed E-state index contributed by atoms with van der Waals surface area (Å²) in [6.07, 6.45) is -1.83. The van der Waals surface area contributed by atoms with Gasteiger partial charge in [-0.3, -0.25) is 0 Å². The van der Waals surface area contributed by atoms with Crippen molar-refractivity contribution in [2.45, 2.75) is 13.3 Å². The highest BCUT2D eigenvalue weighted by atomic mass is 79.9. The van der Waals surface area contributed by atoms with Crippen molar-refractivity contribution in [3.05, 3.63) is 30.5 Å². The van der Waals surface area contributed by atoms with Gasteiger partial charge in [-0.05, 0) is 6.85 Å². The second-order valence-corrected chi connectivity index (χ2v) is 1.05. The molecule has 1 heterocycles. The van der Waals surface area contributed by atoms with Crippen LogP contribution in [0.15, 0.2) is 30.5 Å². The molecule has 1 aromatic rings. The first-order valence-electron chi connectivity index (χ1n) is 6.92. The van der Waals surface area contributed by atoms with Crippen LogP contribution in [0.1, 0.15) is 20.6 Å². The molecule has 0 spiro atoms. The van der Waals surface area contributed by atoms with Crippen LogP contribution in [0.4, 0.5) is 0 Å². The van der Waals surface area contributed by atoms with Crippen LogP contribution in [0.2, 0.25) is 0 Å². The summed E-state index contributed by atoms with van der Waals surface area (Å²) in [5, 5.41) is 0. The van der Waals surface area contributed by atoms with Crippen molar-refractivity contribution in [2.75, 3.05) is 0 Å². The second-order valence-electron chi connectivity index (χ2n) is 1.05. The van der Waals surface area contributed by atoms with E-state index in [-0.39, 0.29) is 21.5 Å². The number of hydrogen-bond donors (Lipinski definition) is 0. The molecule has 0 fully saturated rings. The smallest absolute Gasteiger partial charge is 0.168 e. The number of nitrogens with zero attached hydrogens (tertiary/aromatic N) is 1. The third-order valence-corrected chi connectivity index (χ3v) is 0.572. The average molecular weight is 198 g/mol. The quantitative estimate of drug-likeness (QED) is 0.459. The Hall–Kier alpha value is -0.370. The fourth-order valence-corrected chi connectivity index (χ4v) is 0.283. The van der Waals surface area contributed by atoms with Gasteiger partial charge in [0.25, 0.3) is 0 Å². The van der Waals surface area contributed by atoms with E-state index in [1.807, 2.05) is 0 Å². The van der Waals surface area contributed by atoms with Gasteiger partial charge in [-0.2, -0.15) is 0 Å². The second kappa shape index (κ2) is 4.50. The molecule has 0 radical (unpaired) electrons. The maximum Gasteiger partial charge on any atom is 0.168 e. The van der Waals surface area contributed by atoms with Crippen LogP contribution in [-0.4, -0.2) is 0 Å². The minimum absolute atomic E-state index is 0. The Kier molecular flexibility index (Phi) is 0.809. The number of halogens is 1. The van der Waals surface area contributed by atoms with E-state index in [1.165, 1.54) is 0 Å². The summed E-state index contributed by atoms with van der Waals surface area (Å²) in [7, 11) is 0. The fourth-order valence-electron chi connectivity index (χ4n) is 0.283. The predicted octanol–water partition coefficient (Wildman–Crippen LogP) is -2.00. The number of aromatic nitrogens is 1. The van der Waals surface area contributed by atoms with Gasteiger partial charge in [-0.1, -0.05) is 6.04 Å². The standard InChI is InChI=1S/C7H10N.BrH/c1-2-8-6-4-3-5-7-8;/h3-7H,2H2,1H3;1H/q+1;/p-1/i1D3,2D2,3D,4D,5D,6D,7D;. The largest absolute Gasteiger partial charge is 1.00 e. The summed E-state index contributed by atoms with van der Waals surface area (Å²) in [4.78, 5) is 0. The molecule has 0 aliphatic carbocycles. The van der Waals surface area contributed by atoms with Gasteiger partial charge in [-0.25, -0.2) is 4.57 Å². The lowest BCUT2D eigenvalue weighted by molar-refractivity contribution is -0.693. The Morgan fingerprint density at radius 3 is 2.78 bits per heavy atom. The summed E-state index contributed by atoms with van der Waals surface area (Å²) < 4.78 is 73.2. The SMILES string of the molecule is [2H]c1c([2H])c([2H])[n+](C([2H])([2H])C([2H])([2H])[2H])c([2H])c1[2H].[Br-]. The van der Waals surface area contributed by atoms with Gasteiger partial charge in [0.1, 0.15) is 12.0 Å². The van der Waals surface area contributed by atoms with Gasteiger partial charge in [0.15, 0.2) is 12.3 Å². The molecular weight excluding hydrogens is 178 g/mol. The van der Waals surface area contributed by atoms with Crippen LogP contribution >= 0.6 is 0 Å². The molecule has 2 heteroatoms. The number of rotatable bonds is 1. The fraction of sp³-hybridized carbons (Fsp3) is 0.286. The van der Waals surface area contributed by atoms with Gasteiger partial charge >= 0.3 is 0 Å². The Morgan fingerprint density at radius 1 is 1.56 bits per heavy atom. The van der Waals surface area contributed by atoms with E-state index >= 15 is 0 Å². The minimum atomic E-state index is -3.16. The van der Waals surface area contributed by atoms with Crippen molar-refractivity contribution in [2.24, 2.45) is 0 Å². The summed E-state index contributed by atoms with van der Waals surface area (Å²) in [5.41, 5.74) is 0. The van der Waals surface area contributed by atoms with Crippen LogP contribution in [-0.2, 0) is 6.50 Å².